The molecule has 1 aromatic rings. The molecule has 0 fully saturated rings. The minimum absolute atomic E-state index is 0.0361. The average molecular weight is 258 g/mol. The van der Waals surface area contributed by atoms with E-state index in [1.165, 1.54) is 0 Å². The number of carboxylic acid groups (broad SMARTS) is 1. The molecule has 0 amide bonds. The first kappa shape index (κ1) is 13.8. The van der Waals surface area contributed by atoms with Crippen molar-refractivity contribution < 1.29 is 15.0 Å². The van der Waals surface area contributed by atoms with Crippen LogP contribution in [-0.2, 0) is 4.79 Å². The molecule has 0 aromatic heterocycles. The van der Waals surface area contributed by atoms with Gasteiger partial charge in [-0.1, -0.05) is 11.6 Å². The van der Waals surface area contributed by atoms with Crippen LogP contribution in [0.1, 0.15) is 35.6 Å². The molecular weight excluding hydrogens is 242 g/mol. The third-order valence-electron chi connectivity index (χ3n) is 2.86. The molecule has 5 heteroatoms. The summed E-state index contributed by atoms with van der Waals surface area (Å²) in [6.45, 7) is 3.70. The molecular formula is C12H16ClNO3. The Morgan fingerprint density at radius 2 is 2.12 bits per heavy atom. The van der Waals surface area contributed by atoms with Crippen LogP contribution in [0.25, 0.3) is 0 Å². The zero-order valence-electron chi connectivity index (χ0n) is 9.83. The second kappa shape index (κ2) is 5.38. The van der Waals surface area contributed by atoms with E-state index in [0.29, 0.717) is 5.56 Å². The fourth-order valence-corrected chi connectivity index (χ4v) is 2.03. The van der Waals surface area contributed by atoms with Crippen molar-refractivity contribution in [2.24, 2.45) is 5.73 Å². The minimum Gasteiger partial charge on any atom is -0.506 e. The van der Waals surface area contributed by atoms with E-state index in [0.717, 1.165) is 11.1 Å². The first-order valence-corrected chi connectivity index (χ1v) is 5.68. The molecule has 0 bridgehead atoms. The van der Waals surface area contributed by atoms with Crippen LogP contribution in [0.5, 0.6) is 5.75 Å². The van der Waals surface area contributed by atoms with Crippen molar-refractivity contribution in [3.8, 4) is 5.75 Å². The van der Waals surface area contributed by atoms with Gasteiger partial charge in [0, 0.05) is 18.0 Å². The number of halogens is 1. The maximum absolute atomic E-state index is 10.5. The maximum atomic E-state index is 10.5. The number of carboxylic acids is 1. The molecule has 1 aromatic carbocycles. The Labute approximate surface area is 105 Å². The molecule has 0 aliphatic heterocycles. The molecule has 17 heavy (non-hydrogen) atoms. The Hall–Kier alpha value is -1.26. The van der Waals surface area contributed by atoms with Crippen molar-refractivity contribution in [2.75, 3.05) is 0 Å². The Morgan fingerprint density at radius 1 is 1.53 bits per heavy atom. The quantitative estimate of drug-likeness (QED) is 0.774. The number of carbonyl (C=O) groups is 1. The lowest BCUT2D eigenvalue weighted by atomic mass is 9.94. The highest BCUT2D eigenvalue weighted by Crippen LogP contribution is 2.36. The standard InChI is InChI=1S/C12H16ClNO3/c1-6-5-8(13)12(17)11(7(6)2)9(14)3-4-10(15)16/h5,9,17H,3-4,14H2,1-2H3,(H,15,16). The van der Waals surface area contributed by atoms with Crippen molar-refractivity contribution in [2.45, 2.75) is 32.7 Å². The van der Waals surface area contributed by atoms with E-state index in [2.05, 4.69) is 0 Å². The highest BCUT2D eigenvalue weighted by molar-refractivity contribution is 6.32. The van der Waals surface area contributed by atoms with Gasteiger partial charge in [-0.3, -0.25) is 4.79 Å². The highest BCUT2D eigenvalue weighted by Gasteiger charge is 2.18. The van der Waals surface area contributed by atoms with Crippen molar-refractivity contribution in [3.05, 3.63) is 27.8 Å². The van der Waals surface area contributed by atoms with Crippen LogP contribution < -0.4 is 5.73 Å². The molecule has 0 saturated heterocycles. The Balaban J connectivity index is 3.07. The van der Waals surface area contributed by atoms with Crippen LogP contribution in [0.4, 0.5) is 0 Å². The van der Waals surface area contributed by atoms with E-state index in [1.54, 1.807) is 6.07 Å². The fraction of sp³-hybridized carbons (Fsp3) is 0.417. The lowest BCUT2D eigenvalue weighted by Crippen LogP contribution is -2.14. The summed E-state index contributed by atoms with van der Waals surface area (Å²) < 4.78 is 0. The van der Waals surface area contributed by atoms with Crippen LogP contribution in [-0.4, -0.2) is 16.2 Å². The van der Waals surface area contributed by atoms with Gasteiger partial charge in [0.2, 0.25) is 0 Å². The van der Waals surface area contributed by atoms with Gasteiger partial charge in [0.25, 0.3) is 0 Å². The SMILES string of the molecule is Cc1cc(Cl)c(O)c(C(N)CCC(=O)O)c1C. The van der Waals surface area contributed by atoms with Gasteiger partial charge in [-0.05, 0) is 37.5 Å². The summed E-state index contributed by atoms with van der Waals surface area (Å²) in [6, 6.07) is 1.14. The number of hydrogen-bond acceptors (Lipinski definition) is 3. The van der Waals surface area contributed by atoms with Crippen molar-refractivity contribution in [1.82, 2.24) is 0 Å². The molecule has 0 aliphatic rings. The predicted octanol–water partition coefficient (Wildman–Crippen LogP) is 2.53. The molecule has 4 nitrogen and oxygen atoms in total. The number of aliphatic carboxylic acids is 1. The van der Waals surface area contributed by atoms with Crippen LogP contribution >= 0.6 is 11.6 Å². The van der Waals surface area contributed by atoms with Gasteiger partial charge < -0.3 is 15.9 Å². The number of benzene rings is 1. The number of phenolic OH excluding ortho intramolecular Hbond substituents is 1. The number of rotatable bonds is 4. The lowest BCUT2D eigenvalue weighted by Gasteiger charge is -2.18. The van der Waals surface area contributed by atoms with Gasteiger partial charge in [0.1, 0.15) is 5.75 Å². The third-order valence-corrected chi connectivity index (χ3v) is 3.15. The van der Waals surface area contributed by atoms with Crippen LogP contribution in [0.2, 0.25) is 5.02 Å². The summed E-state index contributed by atoms with van der Waals surface area (Å²) in [4.78, 5) is 10.5. The van der Waals surface area contributed by atoms with Crippen LogP contribution in [0.3, 0.4) is 0 Å². The number of aryl methyl sites for hydroxylation is 1. The van der Waals surface area contributed by atoms with Crippen molar-refractivity contribution in [1.29, 1.82) is 0 Å². The molecule has 0 spiro atoms. The smallest absolute Gasteiger partial charge is 0.303 e. The Bertz CT molecular complexity index is 420. The monoisotopic (exact) mass is 257 g/mol. The normalized spacial score (nSPS) is 12.5. The minimum atomic E-state index is -0.906. The second-order valence-electron chi connectivity index (χ2n) is 4.10. The van der Waals surface area contributed by atoms with Gasteiger partial charge >= 0.3 is 5.97 Å². The summed E-state index contributed by atoms with van der Waals surface area (Å²) in [6.07, 6.45) is 0.231. The summed E-state index contributed by atoms with van der Waals surface area (Å²) in [5, 5.41) is 18.7. The summed E-state index contributed by atoms with van der Waals surface area (Å²) >= 11 is 5.88. The predicted molar refractivity (Wildman–Crippen MR) is 66.4 cm³/mol. The van der Waals surface area contributed by atoms with Crippen molar-refractivity contribution >= 4 is 17.6 Å². The van der Waals surface area contributed by atoms with Gasteiger partial charge in [-0.25, -0.2) is 0 Å². The molecule has 0 heterocycles. The number of nitrogens with two attached hydrogens (primary N) is 1. The van der Waals surface area contributed by atoms with Crippen LogP contribution in [0.15, 0.2) is 6.07 Å². The highest BCUT2D eigenvalue weighted by atomic mass is 35.5. The summed E-state index contributed by atoms with van der Waals surface area (Å²) in [5.41, 5.74) is 8.22. The van der Waals surface area contributed by atoms with E-state index in [-0.39, 0.29) is 23.6 Å². The number of aromatic hydroxyl groups is 1. The summed E-state index contributed by atoms with van der Waals surface area (Å²) in [7, 11) is 0. The largest absolute Gasteiger partial charge is 0.506 e. The molecule has 0 saturated carbocycles. The van der Waals surface area contributed by atoms with E-state index in [4.69, 9.17) is 22.4 Å². The maximum Gasteiger partial charge on any atom is 0.303 e. The van der Waals surface area contributed by atoms with Gasteiger partial charge in [0.05, 0.1) is 5.02 Å². The van der Waals surface area contributed by atoms with E-state index in [9.17, 15) is 9.90 Å². The molecule has 1 rings (SSSR count). The Kier molecular flexibility index (Phi) is 4.37. The average Bonchev–Trinajstić information content (AvgIpc) is 2.24. The lowest BCUT2D eigenvalue weighted by molar-refractivity contribution is -0.137. The number of hydrogen-bond donors (Lipinski definition) is 3. The molecule has 1 atom stereocenters. The van der Waals surface area contributed by atoms with Crippen LogP contribution in [0, 0.1) is 13.8 Å². The van der Waals surface area contributed by atoms with Gasteiger partial charge in [0.15, 0.2) is 0 Å². The van der Waals surface area contributed by atoms with E-state index < -0.39 is 12.0 Å². The fourth-order valence-electron chi connectivity index (χ4n) is 1.76. The second-order valence-corrected chi connectivity index (χ2v) is 4.51. The zero-order chi connectivity index (χ0) is 13.2. The number of phenols is 1. The first-order valence-electron chi connectivity index (χ1n) is 5.30. The molecule has 94 valence electrons. The molecule has 0 aliphatic carbocycles. The topological polar surface area (TPSA) is 83.5 Å². The molecule has 0 radical (unpaired) electrons. The Morgan fingerprint density at radius 3 is 2.65 bits per heavy atom. The van der Waals surface area contributed by atoms with E-state index >= 15 is 0 Å². The summed E-state index contributed by atoms with van der Waals surface area (Å²) in [5.74, 6) is -0.955. The molecule has 4 N–H and O–H groups in total. The van der Waals surface area contributed by atoms with Crippen molar-refractivity contribution in [3.63, 3.8) is 0 Å². The van der Waals surface area contributed by atoms with Gasteiger partial charge in [-0.2, -0.15) is 0 Å². The van der Waals surface area contributed by atoms with E-state index in [1.807, 2.05) is 13.8 Å². The zero-order valence-corrected chi connectivity index (χ0v) is 10.6. The molecule has 1 unspecified atom stereocenters. The first-order chi connectivity index (χ1) is 7.84. The van der Waals surface area contributed by atoms with Gasteiger partial charge in [-0.15, -0.1) is 0 Å². The third kappa shape index (κ3) is 3.11.